The average molecular weight is 194 g/mol. The van der Waals surface area contributed by atoms with Crippen molar-refractivity contribution in [1.29, 1.82) is 0 Å². The first-order valence-corrected chi connectivity index (χ1v) is 4.66. The molecule has 0 spiro atoms. The van der Waals surface area contributed by atoms with Gasteiger partial charge in [-0.15, -0.1) is 0 Å². The lowest BCUT2D eigenvalue weighted by Gasteiger charge is -2.21. The fourth-order valence-electron chi connectivity index (χ4n) is 1.32. The third-order valence-corrected chi connectivity index (χ3v) is 2.19. The van der Waals surface area contributed by atoms with E-state index in [0.29, 0.717) is 0 Å². The smallest absolute Gasteiger partial charge is 0.188 e. The number of aliphatic hydroxyl groups excluding tert-OH is 1. The van der Waals surface area contributed by atoms with E-state index in [9.17, 15) is 5.11 Å². The largest absolute Gasteiger partial charge is 0.499 e. The van der Waals surface area contributed by atoms with Gasteiger partial charge >= 0.3 is 0 Å². The summed E-state index contributed by atoms with van der Waals surface area (Å²) < 4.78 is 0. The van der Waals surface area contributed by atoms with Gasteiger partial charge in [0.05, 0.1) is 0 Å². The van der Waals surface area contributed by atoms with Crippen LogP contribution in [-0.4, -0.2) is 10.2 Å². The molecule has 0 bridgehead atoms. The van der Waals surface area contributed by atoms with Crippen molar-refractivity contribution in [1.82, 2.24) is 0 Å². The first kappa shape index (κ1) is 10.2. The predicted molar refractivity (Wildman–Crippen MR) is 59.5 cm³/mol. The Morgan fingerprint density at radius 1 is 1.23 bits per heavy atom. The Morgan fingerprint density at radius 3 is 2.15 bits per heavy atom. The second-order valence-corrected chi connectivity index (χ2v) is 4.49. The SMILES string of the molecule is CC(C)(C)c1ccccc1C(O)=S. The van der Waals surface area contributed by atoms with Crippen molar-refractivity contribution in [3.05, 3.63) is 35.4 Å². The zero-order valence-electron chi connectivity index (χ0n) is 8.16. The first-order chi connectivity index (χ1) is 5.93. The maximum Gasteiger partial charge on any atom is 0.188 e. The Morgan fingerprint density at radius 2 is 1.77 bits per heavy atom. The van der Waals surface area contributed by atoms with Gasteiger partial charge in [-0.05, 0) is 23.2 Å². The number of rotatable bonds is 1. The Bertz CT molecular complexity index is 323. The fourth-order valence-corrected chi connectivity index (χ4v) is 1.50. The molecule has 1 aromatic carbocycles. The molecule has 13 heavy (non-hydrogen) atoms. The zero-order valence-corrected chi connectivity index (χ0v) is 8.98. The number of aliphatic hydroxyl groups is 1. The highest BCUT2D eigenvalue weighted by atomic mass is 32.1. The molecule has 0 saturated carbocycles. The molecule has 0 aromatic heterocycles. The molecule has 0 saturated heterocycles. The van der Waals surface area contributed by atoms with Crippen molar-refractivity contribution in [2.45, 2.75) is 26.2 Å². The lowest BCUT2D eigenvalue weighted by atomic mass is 9.84. The van der Waals surface area contributed by atoms with Crippen LogP contribution in [0.2, 0.25) is 0 Å². The third kappa shape index (κ3) is 2.28. The van der Waals surface area contributed by atoms with Crippen molar-refractivity contribution >= 4 is 17.3 Å². The van der Waals surface area contributed by atoms with Crippen LogP contribution < -0.4 is 0 Å². The molecule has 0 amide bonds. The van der Waals surface area contributed by atoms with Gasteiger partial charge < -0.3 is 5.11 Å². The van der Waals surface area contributed by atoms with E-state index in [1.54, 1.807) is 0 Å². The van der Waals surface area contributed by atoms with Gasteiger partial charge in [0.25, 0.3) is 0 Å². The van der Waals surface area contributed by atoms with Crippen molar-refractivity contribution in [3.8, 4) is 0 Å². The van der Waals surface area contributed by atoms with E-state index >= 15 is 0 Å². The van der Waals surface area contributed by atoms with E-state index < -0.39 is 0 Å². The molecule has 0 atom stereocenters. The normalized spacial score (nSPS) is 11.3. The van der Waals surface area contributed by atoms with E-state index in [0.717, 1.165) is 11.1 Å². The summed E-state index contributed by atoms with van der Waals surface area (Å²) in [4.78, 5) is 0. The second kappa shape index (κ2) is 3.46. The van der Waals surface area contributed by atoms with Crippen molar-refractivity contribution in [2.24, 2.45) is 0 Å². The molecule has 0 aliphatic rings. The van der Waals surface area contributed by atoms with Crippen LogP contribution in [0, 0.1) is 0 Å². The first-order valence-electron chi connectivity index (χ1n) is 4.26. The minimum absolute atomic E-state index is 0.0172. The third-order valence-electron chi connectivity index (χ3n) is 1.97. The second-order valence-electron chi connectivity index (χ2n) is 4.10. The maximum atomic E-state index is 9.30. The van der Waals surface area contributed by atoms with Gasteiger partial charge in [0.2, 0.25) is 0 Å². The van der Waals surface area contributed by atoms with E-state index in [1.807, 2.05) is 24.3 Å². The van der Waals surface area contributed by atoms with E-state index in [4.69, 9.17) is 12.2 Å². The molecule has 0 unspecified atom stereocenters. The van der Waals surface area contributed by atoms with Crippen LogP contribution in [-0.2, 0) is 5.41 Å². The lowest BCUT2D eigenvalue weighted by Crippen LogP contribution is -2.16. The molecule has 2 heteroatoms. The Balaban J connectivity index is 3.28. The van der Waals surface area contributed by atoms with Gasteiger partial charge in [-0.3, -0.25) is 0 Å². The molecule has 70 valence electrons. The van der Waals surface area contributed by atoms with Crippen molar-refractivity contribution < 1.29 is 5.11 Å². The summed E-state index contributed by atoms with van der Waals surface area (Å²) >= 11 is 4.77. The Kier molecular flexibility index (Phi) is 2.71. The predicted octanol–water partition coefficient (Wildman–Crippen LogP) is 3.22. The van der Waals surface area contributed by atoms with Gasteiger partial charge in [-0.25, -0.2) is 0 Å². The van der Waals surface area contributed by atoms with Crippen LogP contribution in [0.25, 0.3) is 0 Å². The molecule has 1 rings (SSSR count). The average Bonchev–Trinajstić information content (AvgIpc) is 2.03. The number of hydrogen-bond acceptors (Lipinski definition) is 1. The van der Waals surface area contributed by atoms with Gasteiger partial charge in [-0.1, -0.05) is 45.0 Å². The number of benzene rings is 1. The van der Waals surface area contributed by atoms with Gasteiger partial charge in [0, 0.05) is 5.56 Å². The van der Waals surface area contributed by atoms with Crippen LogP contribution in [0.4, 0.5) is 0 Å². The summed E-state index contributed by atoms with van der Waals surface area (Å²) in [5.74, 6) is 0. The molecule has 1 nitrogen and oxygen atoms in total. The Labute approximate surface area is 84.4 Å². The molecule has 0 aliphatic carbocycles. The van der Waals surface area contributed by atoms with E-state index in [2.05, 4.69) is 20.8 Å². The molecule has 1 N–H and O–H groups in total. The van der Waals surface area contributed by atoms with Crippen LogP contribution >= 0.6 is 12.2 Å². The van der Waals surface area contributed by atoms with Gasteiger partial charge in [-0.2, -0.15) is 0 Å². The van der Waals surface area contributed by atoms with Crippen molar-refractivity contribution in [2.75, 3.05) is 0 Å². The highest BCUT2D eigenvalue weighted by molar-refractivity contribution is 7.80. The summed E-state index contributed by atoms with van der Waals surface area (Å²) in [6.07, 6.45) is 0. The monoisotopic (exact) mass is 194 g/mol. The molecular weight excluding hydrogens is 180 g/mol. The maximum absolute atomic E-state index is 9.30. The summed E-state index contributed by atoms with van der Waals surface area (Å²) in [6, 6.07) is 7.69. The fraction of sp³-hybridized carbons (Fsp3) is 0.364. The summed E-state index contributed by atoms with van der Waals surface area (Å²) in [6.45, 7) is 6.30. The molecule has 0 heterocycles. The van der Waals surface area contributed by atoms with E-state index in [1.165, 1.54) is 0 Å². The lowest BCUT2D eigenvalue weighted by molar-refractivity contribution is 0.556. The quantitative estimate of drug-likeness (QED) is 0.693. The van der Waals surface area contributed by atoms with Gasteiger partial charge in [0.1, 0.15) is 0 Å². The number of thiocarbonyl (C=S) groups is 1. The van der Waals surface area contributed by atoms with Crippen molar-refractivity contribution in [3.63, 3.8) is 0 Å². The minimum atomic E-state index is -0.0227. The van der Waals surface area contributed by atoms with Crippen LogP contribution in [0.15, 0.2) is 24.3 Å². The van der Waals surface area contributed by atoms with Crippen LogP contribution in [0.1, 0.15) is 31.9 Å². The zero-order chi connectivity index (χ0) is 10.1. The summed E-state index contributed by atoms with van der Waals surface area (Å²) in [7, 11) is 0. The topological polar surface area (TPSA) is 20.2 Å². The highest BCUT2D eigenvalue weighted by Gasteiger charge is 2.18. The molecule has 0 aliphatic heterocycles. The molecule has 0 fully saturated rings. The molecule has 0 radical (unpaired) electrons. The van der Waals surface area contributed by atoms with E-state index in [-0.39, 0.29) is 10.5 Å². The van der Waals surface area contributed by atoms with Crippen LogP contribution in [0.5, 0.6) is 0 Å². The number of hydrogen-bond donors (Lipinski definition) is 1. The minimum Gasteiger partial charge on any atom is -0.499 e. The highest BCUT2D eigenvalue weighted by Crippen LogP contribution is 2.25. The van der Waals surface area contributed by atoms with Crippen LogP contribution in [0.3, 0.4) is 0 Å². The molecular formula is C11H14OS. The summed E-state index contributed by atoms with van der Waals surface area (Å²) in [5.41, 5.74) is 1.87. The summed E-state index contributed by atoms with van der Waals surface area (Å²) in [5, 5.41) is 9.28. The Hall–Kier alpha value is -0.890. The van der Waals surface area contributed by atoms with Gasteiger partial charge in [0.15, 0.2) is 5.05 Å². The standard InChI is InChI=1S/C11H14OS/c1-11(2,3)9-7-5-4-6-8(9)10(12)13/h4-7H,1-3H3,(H,12,13). The molecule has 1 aromatic rings.